The summed E-state index contributed by atoms with van der Waals surface area (Å²) in [6.07, 6.45) is 3.18. The van der Waals surface area contributed by atoms with Crippen molar-refractivity contribution in [2.45, 2.75) is 29.1 Å². The van der Waals surface area contributed by atoms with E-state index in [1.54, 1.807) is 0 Å². The molecular formula is C7H10N2O3S2. The van der Waals surface area contributed by atoms with Gasteiger partial charge in [-0.05, 0) is 12.8 Å². The minimum atomic E-state index is -3.64. The normalized spacial score (nSPS) is 19.6. The Balaban J connectivity index is 2.18. The monoisotopic (exact) mass is 234 g/mol. The Morgan fingerprint density at radius 1 is 1.64 bits per heavy atom. The minimum Gasteiger partial charge on any atom is -0.389 e. The molecule has 1 saturated carbocycles. The molecule has 1 heterocycles. The molecule has 0 atom stereocenters. The molecule has 0 bridgehead atoms. The first-order valence-electron chi connectivity index (χ1n) is 4.09. The third kappa shape index (κ3) is 2.11. The number of thiazole rings is 1. The van der Waals surface area contributed by atoms with Crippen LogP contribution >= 0.6 is 11.3 Å². The van der Waals surface area contributed by atoms with Gasteiger partial charge in [0.2, 0.25) is 10.0 Å². The van der Waals surface area contributed by atoms with Crippen LogP contribution in [0.25, 0.3) is 0 Å². The second-order valence-corrected chi connectivity index (χ2v) is 6.42. The maximum atomic E-state index is 10.9. The number of rotatable bonds is 3. The highest BCUT2D eigenvalue weighted by Crippen LogP contribution is 2.39. The van der Waals surface area contributed by atoms with Gasteiger partial charge in [0.25, 0.3) is 0 Å². The minimum absolute atomic E-state index is 0.0525. The summed E-state index contributed by atoms with van der Waals surface area (Å²) in [5, 5.41) is 15.1. The molecule has 1 fully saturated rings. The van der Waals surface area contributed by atoms with E-state index in [0.29, 0.717) is 11.4 Å². The third-order valence-corrected chi connectivity index (χ3v) is 4.53. The predicted octanol–water partition coefficient (Wildman–Crippen LogP) is -0.142. The summed E-state index contributed by atoms with van der Waals surface area (Å²) in [5.41, 5.74) is -0.645. The molecule has 1 aromatic rings. The van der Waals surface area contributed by atoms with Crippen LogP contribution in [0.5, 0.6) is 0 Å². The van der Waals surface area contributed by atoms with Crippen LogP contribution in [0.15, 0.2) is 10.4 Å². The van der Waals surface area contributed by atoms with Gasteiger partial charge in [0.1, 0.15) is 0 Å². The molecule has 3 N–H and O–H groups in total. The molecule has 0 unspecified atom stereocenters. The van der Waals surface area contributed by atoms with Gasteiger partial charge in [-0.2, -0.15) is 0 Å². The van der Waals surface area contributed by atoms with Gasteiger partial charge in [-0.25, -0.2) is 18.5 Å². The van der Waals surface area contributed by atoms with Crippen molar-refractivity contribution in [1.82, 2.24) is 4.98 Å². The second-order valence-electron chi connectivity index (χ2n) is 3.52. The van der Waals surface area contributed by atoms with Gasteiger partial charge >= 0.3 is 0 Å². The summed E-state index contributed by atoms with van der Waals surface area (Å²) >= 11 is 1.02. The van der Waals surface area contributed by atoms with Crippen LogP contribution in [0.4, 0.5) is 0 Å². The molecule has 2 rings (SSSR count). The van der Waals surface area contributed by atoms with Crippen molar-refractivity contribution in [3.05, 3.63) is 11.2 Å². The Labute approximate surface area is 85.6 Å². The van der Waals surface area contributed by atoms with Gasteiger partial charge < -0.3 is 5.11 Å². The highest BCUT2D eigenvalue weighted by atomic mass is 32.2. The number of hydrogen-bond donors (Lipinski definition) is 2. The first kappa shape index (κ1) is 10.0. The summed E-state index contributed by atoms with van der Waals surface area (Å²) in [6.45, 7) is 0. The van der Waals surface area contributed by atoms with Crippen LogP contribution in [-0.2, 0) is 16.4 Å². The van der Waals surface area contributed by atoms with E-state index >= 15 is 0 Å². The number of sulfonamides is 1. The van der Waals surface area contributed by atoms with Crippen LogP contribution in [0, 0.1) is 0 Å². The van der Waals surface area contributed by atoms with Gasteiger partial charge in [-0.1, -0.05) is 0 Å². The molecule has 0 aromatic carbocycles. The molecular weight excluding hydrogens is 224 g/mol. The van der Waals surface area contributed by atoms with Crippen LogP contribution in [0.3, 0.4) is 0 Å². The molecule has 1 aromatic heterocycles. The second kappa shape index (κ2) is 2.99. The predicted molar refractivity (Wildman–Crippen MR) is 51.4 cm³/mol. The van der Waals surface area contributed by atoms with E-state index in [0.717, 1.165) is 24.2 Å². The Morgan fingerprint density at radius 3 is 2.71 bits per heavy atom. The number of nitrogens with zero attached hydrogens (tertiary/aromatic N) is 1. The third-order valence-electron chi connectivity index (χ3n) is 2.12. The lowest BCUT2D eigenvalue weighted by Gasteiger charge is -2.01. The van der Waals surface area contributed by atoms with E-state index in [1.165, 1.54) is 6.20 Å². The summed E-state index contributed by atoms with van der Waals surface area (Å²) in [5.74, 6) is 0. The first-order valence-corrected chi connectivity index (χ1v) is 6.45. The lowest BCUT2D eigenvalue weighted by atomic mass is 10.2. The fraction of sp³-hybridized carbons (Fsp3) is 0.571. The van der Waals surface area contributed by atoms with E-state index in [9.17, 15) is 13.5 Å². The summed E-state index contributed by atoms with van der Waals surface area (Å²) < 4.78 is 21.9. The van der Waals surface area contributed by atoms with Crippen molar-refractivity contribution < 1.29 is 13.5 Å². The van der Waals surface area contributed by atoms with Crippen molar-refractivity contribution >= 4 is 21.4 Å². The van der Waals surface area contributed by atoms with Crippen molar-refractivity contribution in [3.8, 4) is 0 Å². The molecule has 0 saturated heterocycles. The van der Waals surface area contributed by atoms with Gasteiger partial charge in [-0.3, -0.25) is 0 Å². The van der Waals surface area contributed by atoms with Crippen LogP contribution < -0.4 is 5.14 Å². The topological polar surface area (TPSA) is 93.3 Å². The Bertz CT molecular complexity index is 447. The number of aromatic nitrogens is 1. The standard InChI is InChI=1S/C7H10N2O3S2/c8-14(11,12)6-4-9-5(13-6)3-7(10)1-2-7/h4,10H,1-3H2,(H2,8,11,12). The molecule has 0 radical (unpaired) electrons. The molecule has 1 aliphatic rings. The molecule has 7 heteroatoms. The molecule has 0 amide bonds. The van der Waals surface area contributed by atoms with Crippen LogP contribution in [0.1, 0.15) is 17.8 Å². The fourth-order valence-corrected chi connectivity index (χ4v) is 2.85. The van der Waals surface area contributed by atoms with E-state index in [4.69, 9.17) is 5.14 Å². The summed E-state index contributed by atoms with van der Waals surface area (Å²) in [7, 11) is -3.64. The average molecular weight is 234 g/mol. The lowest BCUT2D eigenvalue weighted by molar-refractivity contribution is 0.151. The Hall–Kier alpha value is -0.500. The van der Waals surface area contributed by atoms with Gasteiger partial charge in [0.15, 0.2) is 4.21 Å². The smallest absolute Gasteiger partial charge is 0.249 e. The maximum Gasteiger partial charge on any atom is 0.249 e. The SMILES string of the molecule is NS(=O)(=O)c1cnc(CC2(O)CC2)s1. The fourth-order valence-electron chi connectivity index (χ4n) is 1.11. The van der Waals surface area contributed by atoms with Crippen molar-refractivity contribution in [1.29, 1.82) is 0 Å². The number of primary sulfonamides is 1. The summed E-state index contributed by atoms with van der Waals surface area (Å²) in [4.78, 5) is 3.91. The zero-order chi connectivity index (χ0) is 10.4. The Morgan fingerprint density at radius 2 is 2.29 bits per heavy atom. The van der Waals surface area contributed by atoms with Crippen LogP contribution in [0.2, 0.25) is 0 Å². The van der Waals surface area contributed by atoms with E-state index < -0.39 is 15.6 Å². The highest BCUT2D eigenvalue weighted by Gasteiger charge is 2.41. The molecule has 5 nitrogen and oxygen atoms in total. The van der Waals surface area contributed by atoms with Gasteiger partial charge in [-0.15, -0.1) is 11.3 Å². The molecule has 0 spiro atoms. The van der Waals surface area contributed by atoms with Gasteiger partial charge in [0.05, 0.1) is 16.8 Å². The van der Waals surface area contributed by atoms with E-state index in [2.05, 4.69) is 4.98 Å². The molecule has 1 aliphatic carbocycles. The van der Waals surface area contributed by atoms with E-state index in [-0.39, 0.29) is 4.21 Å². The quantitative estimate of drug-likeness (QED) is 0.761. The molecule has 78 valence electrons. The lowest BCUT2D eigenvalue weighted by Crippen LogP contribution is -2.10. The number of aliphatic hydroxyl groups is 1. The maximum absolute atomic E-state index is 10.9. The zero-order valence-electron chi connectivity index (χ0n) is 7.30. The van der Waals surface area contributed by atoms with E-state index in [1.807, 2.05) is 0 Å². The summed E-state index contributed by atoms with van der Waals surface area (Å²) in [6, 6.07) is 0. The van der Waals surface area contributed by atoms with Crippen LogP contribution in [-0.4, -0.2) is 24.1 Å². The highest BCUT2D eigenvalue weighted by molar-refractivity contribution is 7.91. The van der Waals surface area contributed by atoms with Crippen molar-refractivity contribution in [2.24, 2.45) is 5.14 Å². The largest absolute Gasteiger partial charge is 0.389 e. The number of hydrogen-bond acceptors (Lipinski definition) is 5. The Kier molecular flexibility index (Phi) is 2.15. The molecule has 14 heavy (non-hydrogen) atoms. The van der Waals surface area contributed by atoms with Crippen molar-refractivity contribution in [3.63, 3.8) is 0 Å². The van der Waals surface area contributed by atoms with Gasteiger partial charge in [0, 0.05) is 6.42 Å². The zero-order valence-corrected chi connectivity index (χ0v) is 8.94. The molecule has 0 aliphatic heterocycles. The number of nitrogens with two attached hydrogens (primary N) is 1. The first-order chi connectivity index (χ1) is 6.39. The van der Waals surface area contributed by atoms with Crippen molar-refractivity contribution in [2.75, 3.05) is 0 Å². The average Bonchev–Trinajstić information content (AvgIpc) is 2.61.